The summed E-state index contributed by atoms with van der Waals surface area (Å²) in [7, 11) is 2.10. The van der Waals surface area contributed by atoms with E-state index in [0.29, 0.717) is 28.7 Å². The van der Waals surface area contributed by atoms with Gasteiger partial charge in [0.2, 0.25) is 5.91 Å². The number of hydrogen-bond acceptors (Lipinski definition) is 3. The van der Waals surface area contributed by atoms with Crippen LogP contribution in [0.25, 0.3) is 0 Å². The largest absolute Gasteiger partial charge is 0.352 e. The number of hydrogen-bond donors (Lipinski definition) is 2. The number of benzene rings is 1. The summed E-state index contributed by atoms with van der Waals surface area (Å²) >= 11 is 6.09. The highest BCUT2D eigenvalue weighted by atomic mass is 35.5. The van der Waals surface area contributed by atoms with Gasteiger partial charge in [-0.15, -0.1) is 0 Å². The minimum atomic E-state index is -0.203. The summed E-state index contributed by atoms with van der Waals surface area (Å²) in [6, 6.07) is 4.90. The number of anilines is 1. The van der Waals surface area contributed by atoms with E-state index in [4.69, 9.17) is 11.6 Å². The molecule has 1 heterocycles. The molecular weight excluding hydrogens is 302 g/mol. The van der Waals surface area contributed by atoms with Crippen LogP contribution in [-0.2, 0) is 4.79 Å². The lowest BCUT2D eigenvalue weighted by Gasteiger charge is -2.29. The van der Waals surface area contributed by atoms with Crippen molar-refractivity contribution in [1.82, 2.24) is 10.2 Å². The minimum absolute atomic E-state index is 0.182. The van der Waals surface area contributed by atoms with Crippen LogP contribution in [0, 0.1) is 5.92 Å². The zero-order valence-electron chi connectivity index (χ0n) is 13.0. The fraction of sp³-hybridized carbons (Fsp3) is 0.500. The number of nitrogens with zero attached hydrogens (tertiary/aromatic N) is 1. The van der Waals surface area contributed by atoms with Gasteiger partial charge in [-0.1, -0.05) is 11.6 Å². The Hall–Kier alpha value is -1.59. The first kappa shape index (κ1) is 16.8. The molecule has 1 aromatic rings. The van der Waals surface area contributed by atoms with Crippen molar-refractivity contribution in [3.05, 3.63) is 28.8 Å². The van der Waals surface area contributed by atoms with Crippen LogP contribution >= 0.6 is 11.6 Å². The molecule has 2 N–H and O–H groups in total. The van der Waals surface area contributed by atoms with Crippen LogP contribution in [0.5, 0.6) is 0 Å². The van der Waals surface area contributed by atoms with Gasteiger partial charge in [0.15, 0.2) is 0 Å². The van der Waals surface area contributed by atoms with Crippen LogP contribution in [0.15, 0.2) is 18.2 Å². The SMILES string of the molecule is CC(=O)Nc1ccc(Cl)c(C(=O)NC[C@H]2CCCN(C)C2)c1. The van der Waals surface area contributed by atoms with Gasteiger partial charge >= 0.3 is 0 Å². The molecule has 2 amide bonds. The van der Waals surface area contributed by atoms with Crippen LogP contribution < -0.4 is 10.6 Å². The van der Waals surface area contributed by atoms with E-state index in [0.717, 1.165) is 25.9 Å². The van der Waals surface area contributed by atoms with Gasteiger partial charge in [0, 0.05) is 25.7 Å². The van der Waals surface area contributed by atoms with E-state index in [9.17, 15) is 9.59 Å². The average Bonchev–Trinajstić information content (AvgIpc) is 2.46. The molecule has 0 unspecified atom stereocenters. The van der Waals surface area contributed by atoms with Crippen molar-refractivity contribution in [1.29, 1.82) is 0 Å². The molecule has 1 aliphatic rings. The first-order valence-electron chi connectivity index (χ1n) is 7.49. The summed E-state index contributed by atoms with van der Waals surface area (Å²) in [6.45, 7) is 4.19. The molecule has 6 heteroatoms. The maximum Gasteiger partial charge on any atom is 0.252 e. The smallest absolute Gasteiger partial charge is 0.252 e. The van der Waals surface area contributed by atoms with Crippen molar-refractivity contribution in [3.8, 4) is 0 Å². The topological polar surface area (TPSA) is 61.4 Å². The van der Waals surface area contributed by atoms with Crippen molar-refractivity contribution < 1.29 is 9.59 Å². The zero-order chi connectivity index (χ0) is 16.1. The van der Waals surface area contributed by atoms with Crippen LogP contribution in [-0.4, -0.2) is 43.4 Å². The van der Waals surface area contributed by atoms with E-state index >= 15 is 0 Å². The molecule has 1 fully saturated rings. The minimum Gasteiger partial charge on any atom is -0.352 e. The molecule has 1 atom stereocenters. The number of rotatable bonds is 4. The molecule has 5 nitrogen and oxygen atoms in total. The van der Waals surface area contributed by atoms with E-state index in [1.54, 1.807) is 18.2 Å². The molecule has 0 radical (unpaired) electrons. The van der Waals surface area contributed by atoms with E-state index in [2.05, 4.69) is 22.6 Å². The number of piperidine rings is 1. The lowest BCUT2D eigenvalue weighted by Crippen LogP contribution is -2.39. The molecule has 0 spiro atoms. The molecular formula is C16H22ClN3O2. The fourth-order valence-corrected chi connectivity index (χ4v) is 2.96. The Morgan fingerprint density at radius 1 is 1.41 bits per heavy atom. The fourth-order valence-electron chi connectivity index (χ4n) is 2.75. The lowest BCUT2D eigenvalue weighted by molar-refractivity contribution is -0.114. The molecule has 22 heavy (non-hydrogen) atoms. The van der Waals surface area contributed by atoms with Gasteiger partial charge in [0.25, 0.3) is 5.91 Å². The Balaban J connectivity index is 1.97. The van der Waals surface area contributed by atoms with Gasteiger partial charge < -0.3 is 15.5 Å². The third kappa shape index (κ3) is 4.71. The first-order chi connectivity index (χ1) is 10.5. The second-order valence-electron chi connectivity index (χ2n) is 5.86. The Morgan fingerprint density at radius 2 is 2.18 bits per heavy atom. The standard InChI is InChI=1S/C16H22ClN3O2/c1-11(21)19-13-5-6-15(17)14(8-13)16(22)18-9-12-4-3-7-20(2)10-12/h5-6,8,12H,3-4,7,9-10H2,1-2H3,(H,18,22)(H,19,21)/t12-/m1/s1. The quantitative estimate of drug-likeness (QED) is 0.894. The number of nitrogens with one attached hydrogen (secondary N) is 2. The van der Waals surface area contributed by atoms with Crippen molar-refractivity contribution >= 4 is 29.1 Å². The van der Waals surface area contributed by atoms with E-state index < -0.39 is 0 Å². The Labute approximate surface area is 136 Å². The first-order valence-corrected chi connectivity index (χ1v) is 7.87. The van der Waals surface area contributed by atoms with E-state index in [1.807, 2.05) is 0 Å². The summed E-state index contributed by atoms with van der Waals surface area (Å²) in [6.07, 6.45) is 2.29. The number of carbonyl (C=O) groups is 2. The summed E-state index contributed by atoms with van der Waals surface area (Å²) < 4.78 is 0. The Morgan fingerprint density at radius 3 is 2.86 bits per heavy atom. The van der Waals surface area contributed by atoms with Crippen molar-refractivity contribution in [2.24, 2.45) is 5.92 Å². The number of amides is 2. The third-order valence-corrected chi connectivity index (χ3v) is 4.13. The highest BCUT2D eigenvalue weighted by Crippen LogP contribution is 2.21. The predicted octanol–water partition coefficient (Wildman–Crippen LogP) is 2.37. The molecule has 2 rings (SSSR count). The second kappa shape index (κ2) is 7.61. The molecule has 1 saturated heterocycles. The van der Waals surface area contributed by atoms with Crippen LogP contribution in [0.4, 0.5) is 5.69 Å². The van der Waals surface area contributed by atoms with Gasteiger partial charge in [0.05, 0.1) is 10.6 Å². The normalized spacial score (nSPS) is 18.8. The van der Waals surface area contributed by atoms with Crippen molar-refractivity contribution in [2.75, 3.05) is 32.0 Å². The second-order valence-corrected chi connectivity index (χ2v) is 6.26. The number of halogens is 1. The number of carbonyl (C=O) groups excluding carboxylic acids is 2. The van der Waals surface area contributed by atoms with Gasteiger partial charge in [-0.25, -0.2) is 0 Å². The number of likely N-dealkylation sites (tertiary alicyclic amines) is 1. The molecule has 0 bridgehead atoms. The molecule has 0 aliphatic carbocycles. The average molecular weight is 324 g/mol. The van der Waals surface area contributed by atoms with Crippen molar-refractivity contribution in [3.63, 3.8) is 0 Å². The maximum absolute atomic E-state index is 12.3. The van der Waals surface area contributed by atoms with Gasteiger partial charge in [-0.3, -0.25) is 9.59 Å². The summed E-state index contributed by atoms with van der Waals surface area (Å²) in [4.78, 5) is 25.7. The van der Waals surface area contributed by atoms with E-state index in [-0.39, 0.29) is 11.8 Å². The molecule has 0 saturated carbocycles. The third-order valence-electron chi connectivity index (χ3n) is 3.80. The summed E-state index contributed by atoms with van der Waals surface area (Å²) in [5.41, 5.74) is 0.955. The van der Waals surface area contributed by atoms with Crippen LogP contribution in [0.3, 0.4) is 0 Å². The molecule has 120 valence electrons. The summed E-state index contributed by atoms with van der Waals surface area (Å²) in [5, 5.41) is 5.98. The highest BCUT2D eigenvalue weighted by molar-refractivity contribution is 6.34. The van der Waals surface area contributed by atoms with Crippen molar-refractivity contribution in [2.45, 2.75) is 19.8 Å². The monoisotopic (exact) mass is 323 g/mol. The lowest BCUT2D eigenvalue weighted by atomic mass is 9.98. The van der Waals surface area contributed by atoms with Gasteiger partial charge in [0.1, 0.15) is 0 Å². The summed E-state index contributed by atoms with van der Waals surface area (Å²) in [5.74, 6) is 0.0874. The predicted molar refractivity (Wildman–Crippen MR) is 88.3 cm³/mol. The van der Waals surface area contributed by atoms with Gasteiger partial charge in [-0.05, 0) is 50.6 Å². The Kier molecular flexibility index (Phi) is 5.80. The van der Waals surface area contributed by atoms with Crippen LogP contribution in [0.1, 0.15) is 30.1 Å². The molecule has 1 aromatic carbocycles. The van der Waals surface area contributed by atoms with Crippen LogP contribution in [0.2, 0.25) is 5.02 Å². The van der Waals surface area contributed by atoms with E-state index in [1.165, 1.54) is 6.92 Å². The Bertz CT molecular complexity index is 562. The maximum atomic E-state index is 12.3. The highest BCUT2D eigenvalue weighted by Gasteiger charge is 2.19. The zero-order valence-corrected chi connectivity index (χ0v) is 13.7. The molecule has 1 aliphatic heterocycles. The molecule has 0 aromatic heterocycles. The van der Waals surface area contributed by atoms with Gasteiger partial charge in [-0.2, -0.15) is 0 Å².